The Balaban J connectivity index is 2.48. The number of nitrogens with one attached hydrogen (secondary N) is 1. The van der Waals surface area contributed by atoms with Crippen LogP contribution in [0, 0.1) is 5.41 Å². The number of hydrogen-bond acceptors (Lipinski definition) is 3. The first-order valence-corrected chi connectivity index (χ1v) is 5.62. The minimum Gasteiger partial charge on any atom is -0.481 e. The number of amidine groups is 1. The monoisotopic (exact) mass is 226 g/mol. The highest BCUT2D eigenvalue weighted by Crippen LogP contribution is 2.18. The van der Waals surface area contributed by atoms with Crippen molar-refractivity contribution >= 4 is 22.9 Å². The second kappa shape index (κ2) is 5.60. The quantitative estimate of drug-likeness (QED) is 0.570. The third kappa shape index (κ3) is 3.79. The maximum atomic E-state index is 10.3. The number of thioether (sulfide) groups is 1. The summed E-state index contributed by atoms with van der Waals surface area (Å²) in [6, 6.07) is 0. The van der Waals surface area contributed by atoms with Gasteiger partial charge in [-0.1, -0.05) is 23.9 Å². The number of allylic oxidation sites excluding steroid dienone is 4. The second-order valence-electron chi connectivity index (χ2n) is 3.17. The normalized spacial score (nSPS) is 14.6. The fourth-order valence-corrected chi connectivity index (χ4v) is 1.80. The predicted molar refractivity (Wildman–Crippen MR) is 62.0 cm³/mol. The van der Waals surface area contributed by atoms with E-state index < -0.39 is 5.97 Å². The maximum Gasteiger partial charge on any atom is 0.313 e. The molecule has 82 valence electrons. The first kappa shape index (κ1) is 11.8. The predicted octanol–water partition coefficient (Wildman–Crippen LogP) is 1.90. The molecular weight excluding hydrogens is 212 g/mol. The Labute approximate surface area is 93.2 Å². The summed E-state index contributed by atoms with van der Waals surface area (Å²) in [5, 5.41) is 16.5. The molecule has 0 fully saturated rings. The van der Waals surface area contributed by atoms with Gasteiger partial charge in [-0.2, -0.15) is 0 Å². The average Bonchev–Trinajstić information content (AvgIpc) is 2.26. The molecular formula is C10H14N2O2S. The number of aliphatic carboxylic acids is 1. The van der Waals surface area contributed by atoms with E-state index in [1.165, 1.54) is 0 Å². The van der Waals surface area contributed by atoms with Crippen LogP contribution in [-0.2, 0) is 4.79 Å². The summed E-state index contributed by atoms with van der Waals surface area (Å²) in [5.41, 5.74) is 1.06. The number of carboxylic acid groups (broad SMARTS) is 1. The molecule has 2 N–H and O–H groups in total. The van der Waals surface area contributed by atoms with Gasteiger partial charge in [0.15, 0.2) is 5.17 Å². The molecule has 4 nitrogen and oxygen atoms in total. The number of carboxylic acids is 1. The topological polar surface area (TPSA) is 64.4 Å². The lowest BCUT2D eigenvalue weighted by Gasteiger charge is -2.23. The molecule has 0 amide bonds. The van der Waals surface area contributed by atoms with Crippen LogP contribution in [0.5, 0.6) is 0 Å². The molecule has 0 aromatic rings. The van der Waals surface area contributed by atoms with Gasteiger partial charge in [-0.15, -0.1) is 0 Å². The Morgan fingerprint density at radius 3 is 3.00 bits per heavy atom. The summed E-state index contributed by atoms with van der Waals surface area (Å²) in [6.45, 7) is 0. The first-order valence-electron chi connectivity index (χ1n) is 4.64. The zero-order valence-electron chi connectivity index (χ0n) is 8.56. The highest BCUT2D eigenvalue weighted by atomic mass is 32.2. The van der Waals surface area contributed by atoms with Crippen LogP contribution in [0.3, 0.4) is 0 Å². The zero-order valence-corrected chi connectivity index (χ0v) is 9.38. The van der Waals surface area contributed by atoms with Gasteiger partial charge in [-0.25, -0.2) is 0 Å². The van der Waals surface area contributed by atoms with E-state index in [-0.39, 0.29) is 10.9 Å². The highest BCUT2D eigenvalue weighted by Gasteiger charge is 2.12. The van der Waals surface area contributed by atoms with Gasteiger partial charge >= 0.3 is 5.97 Å². The number of rotatable bonds is 3. The van der Waals surface area contributed by atoms with Crippen molar-refractivity contribution in [1.82, 2.24) is 4.90 Å². The lowest BCUT2D eigenvalue weighted by molar-refractivity contribution is -0.133. The minimum absolute atomic E-state index is 0.0632. The van der Waals surface area contributed by atoms with Crippen molar-refractivity contribution in [2.24, 2.45) is 0 Å². The van der Waals surface area contributed by atoms with E-state index in [1.54, 1.807) is 11.9 Å². The molecule has 0 unspecified atom stereocenters. The molecule has 1 aliphatic carbocycles. The van der Waals surface area contributed by atoms with E-state index in [9.17, 15) is 4.79 Å². The molecule has 0 saturated carbocycles. The van der Waals surface area contributed by atoms with E-state index in [1.807, 2.05) is 12.2 Å². The molecule has 0 aromatic carbocycles. The van der Waals surface area contributed by atoms with Crippen LogP contribution in [0.1, 0.15) is 12.8 Å². The highest BCUT2D eigenvalue weighted by molar-refractivity contribution is 8.14. The Morgan fingerprint density at radius 1 is 1.73 bits per heavy atom. The molecule has 0 spiro atoms. The van der Waals surface area contributed by atoms with Crippen LogP contribution < -0.4 is 0 Å². The molecule has 0 saturated heterocycles. The summed E-state index contributed by atoms with van der Waals surface area (Å²) < 4.78 is 0. The molecule has 0 radical (unpaired) electrons. The molecule has 15 heavy (non-hydrogen) atoms. The smallest absolute Gasteiger partial charge is 0.313 e. The summed E-state index contributed by atoms with van der Waals surface area (Å²) >= 11 is 1.03. The lowest BCUT2D eigenvalue weighted by atomic mass is 10.1. The van der Waals surface area contributed by atoms with Crippen molar-refractivity contribution in [2.75, 3.05) is 12.8 Å². The maximum absolute atomic E-state index is 10.3. The Kier molecular flexibility index (Phi) is 4.42. The Bertz CT molecular complexity index is 323. The largest absolute Gasteiger partial charge is 0.481 e. The number of nitrogens with zero attached hydrogens (tertiary/aromatic N) is 1. The number of carbonyl (C=O) groups is 1. The second-order valence-corrected chi connectivity index (χ2v) is 4.14. The molecule has 0 aromatic heterocycles. The third-order valence-corrected chi connectivity index (χ3v) is 3.00. The lowest BCUT2D eigenvalue weighted by Crippen LogP contribution is -2.24. The standard InChI is InChI=1S/C10H14N2O2S/c1-12(8-5-3-2-4-6-8)10(11)15-7-9(13)14/h2-3,5,11H,4,6-7H2,1H3,(H,13,14). The third-order valence-electron chi connectivity index (χ3n) is 2.06. The summed E-state index contributed by atoms with van der Waals surface area (Å²) in [7, 11) is 1.79. The van der Waals surface area contributed by atoms with Gasteiger partial charge in [-0.05, 0) is 18.9 Å². The van der Waals surface area contributed by atoms with Gasteiger partial charge < -0.3 is 10.0 Å². The van der Waals surface area contributed by atoms with Gasteiger partial charge in [0.2, 0.25) is 0 Å². The van der Waals surface area contributed by atoms with E-state index in [4.69, 9.17) is 10.5 Å². The fraction of sp³-hybridized carbons (Fsp3) is 0.400. The van der Waals surface area contributed by atoms with Crippen molar-refractivity contribution in [2.45, 2.75) is 12.8 Å². The van der Waals surface area contributed by atoms with Crippen molar-refractivity contribution in [1.29, 1.82) is 5.41 Å². The van der Waals surface area contributed by atoms with Crippen LogP contribution in [0.2, 0.25) is 0 Å². The van der Waals surface area contributed by atoms with Gasteiger partial charge in [0.1, 0.15) is 0 Å². The Morgan fingerprint density at radius 2 is 2.47 bits per heavy atom. The minimum atomic E-state index is -0.893. The molecule has 0 aliphatic heterocycles. The van der Waals surface area contributed by atoms with Gasteiger partial charge in [0.25, 0.3) is 0 Å². The Hall–Kier alpha value is -1.23. The van der Waals surface area contributed by atoms with E-state index in [2.05, 4.69) is 6.08 Å². The summed E-state index contributed by atoms with van der Waals surface area (Å²) in [6.07, 6.45) is 7.88. The van der Waals surface area contributed by atoms with E-state index >= 15 is 0 Å². The SMILES string of the molecule is CN(C(=N)SCC(=O)O)C1=CC=CCC1. The van der Waals surface area contributed by atoms with Gasteiger partial charge in [-0.3, -0.25) is 10.2 Å². The van der Waals surface area contributed by atoms with Crippen molar-refractivity contribution in [3.63, 3.8) is 0 Å². The van der Waals surface area contributed by atoms with Crippen molar-refractivity contribution < 1.29 is 9.90 Å². The van der Waals surface area contributed by atoms with E-state index in [0.717, 1.165) is 30.3 Å². The molecule has 0 atom stereocenters. The molecule has 5 heteroatoms. The van der Waals surface area contributed by atoms with Gasteiger partial charge in [0.05, 0.1) is 5.75 Å². The van der Waals surface area contributed by atoms with Crippen LogP contribution in [0.4, 0.5) is 0 Å². The molecule has 1 rings (SSSR count). The molecule has 0 bridgehead atoms. The molecule has 0 heterocycles. The van der Waals surface area contributed by atoms with Crippen LogP contribution >= 0.6 is 11.8 Å². The number of hydrogen-bond donors (Lipinski definition) is 2. The zero-order chi connectivity index (χ0) is 11.3. The van der Waals surface area contributed by atoms with Crippen LogP contribution in [0.15, 0.2) is 23.9 Å². The average molecular weight is 226 g/mol. The van der Waals surface area contributed by atoms with Gasteiger partial charge in [0, 0.05) is 12.7 Å². The van der Waals surface area contributed by atoms with Crippen LogP contribution in [0.25, 0.3) is 0 Å². The summed E-state index contributed by atoms with van der Waals surface area (Å²) in [5.74, 6) is -0.956. The van der Waals surface area contributed by atoms with Crippen molar-refractivity contribution in [3.05, 3.63) is 23.9 Å². The van der Waals surface area contributed by atoms with E-state index in [0.29, 0.717) is 0 Å². The van der Waals surface area contributed by atoms with Crippen molar-refractivity contribution in [3.8, 4) is 0 Å². The fourth-order valence-electron chi connectivity index (χ4n) is 1.23. The summed E-state index contributed by atoms with van der Waals surface area (Å²) in [4.78, 5) is 12.1. The first-order chi connectivity index (χ1) is 7.11. The molecule has 1 aliphatic rings. The van der Waals surface area contributed by atoms with Crippen LogP contribution in [-0.4, -0.2) is 33.9 Å².